The molecule has 0 spiro atoms. The highest BCUT2D eigenvalue weighted by Crippen LogP contribution is 2.27. The summed E-state index contributed by atoms with van der Waals surface area (Å²) in [4.78, 5) is 18.0. The van der Waals surface area contributed by atoms with E-state index in [0.717, 1.165) is 35.6 Å². The Kier molecular flexibility index (Phi) is 9.90. The van der Waals surface area contributed by atoms with Gasteiger partial charge in [0.25, 0.3) is 0 Å². The van der Waals surface area contributed by atoms with Gasteiger partial charge in [0.1, 0.15) is 0 Å². The molecule has 8 heteroatoms. The number of rotatable bonds is 8. The molecule has 1 amide bonds. The lowest BCUT2D eigenvalue weighted by molar-refractivity contribution is -0.128. The van der Waals surface area contributed by atoms with E-state index in [0.29, 0.717) is 37.6 Å². The maximum Gasteiger partial charge on any atom is 0.222 e. The van der Waals surface area contributed by atoms with Crippen molar-refractivity contribution in [1.82, 2.24) is 15.5 Å². The molecule has 2 N–H and O–H groups in total. The minimum Gasteiger partial charge on any atom is -0.493 e. The lowest BCUT2D eigenvalue weighted by Gasteiger charge is -2.16. The van der Waals surface area contributed by atoms with Gasteiger partial charge in [-0.25, -0.2) is 0 Å². The maximum atomic E-state index is 11.8. The predicted octanol–water partition coefficient (Wildman–Crippen LogP) is 3.31. The normalized spacial score (nSPS) is 13.6. The first kappa shape index (κ1) is 24.8. The smallest absolute Gasteiger partial charge is 0.222 e. The highest BCUT2D eigenvalue weighted by Gasteiger charge is 2.19. The van der Waals surface area contributed by atoms with E-state index in [9.17, 15) is 4.79 Å². The number of aliphatic imine (C=N–C) groups is 1. The van der Waals surface area contributed by atoms with Crippen LogP contribution in [0, 0.1) is 0 Å². The van der Waals surface area contributed by atoms with E-state index in [1.165, 1.54) is 0 Å². The number of methoxy groups -OCH3 is 2. The van der Waals surface area contributed by atoms with E-state index < -0.39 is 0 Å². The Bertz CT molecular complexity index is 887. The molecule has 0 unspecified atom stereocenters. The maximum absolute atomic E-state index is 11.8. The van der Waals surface area contributed by atoms with Gasteiger partial charge in [0.2, 0.25) is 5.91 Å². The van der Waals surface area contributed by atoms with Crippen molar-refractivity contribution >= 4 is 35.8 Å². The minimum absolute atomic E-state index is 0. The van der Waals surface area contributed by atoms with Gasteiger partial charge in [0, 0.05) is 39.6 Å². The summed E-state index contributed by atoms with van der Waals surface area (Å²) in [5, 5.41) is 6.63. The summed E-state index contributed by atoms with van der Waals surface area (Å²) in [5.41, 5.74) is 3.38. The molecule has 2 aromatic carbocycles. The van der Waals surface area contributed by atoms with Crippen LogP contribution in [0.15, 0.2) is 47.5 Å². The van der Waals surface area contributed by atoms with Crippen molar-refractivity contribution in [2.24, 2.45) is 4.99 Å². The van der Waals surface area contributed by atoms with E-state index in [4.69, 9.17) is 9.47 Å². The Morgan fingerprint density at radius 1 is 0.968 bits per heavy atom. The fraction of sp³-hybridized carbons (Fsp3) is 0.391. The predicted molar refractivity (Wildman–Crippen MR) is 133 cm³/mol. The number of ether oxygens (including phenoxy) is 2. The molecule has 0 aromatic heterocycles. The molecule has 0 radical (unpaired) electrons. The van der Waals surface area contributed by atoms with Gasteiger partial charge in [0.15, 0.2) is 17.5 Å². The zero-order chi connectivity index (χ0) is 21.3. The molecule has 3 rings (SSSR count). The van der Waals surface area contributed by atoms with Crippen LogP contribution in [0.3, 0.4) is 0 Å². The summed E-state index contributed by atoms with van der Waals surface area (Å²) < 4.78 is 10.6. The SMILES string of the molecule is CN=C(NCc1ccc(CN2CCCC2=O)cc1)NCc1ccc(OC)c(OC)c1.I. The fourth-order valence-electron chi connectivity index (χ4n) is 3.44. The van der Waals surface area contributed by atoms with Crippen LogP contribution in [-0.2, 0) is 24.4 Å². The third-order valence-corrected chi connectivity index (χ3v) is 5.16. The molecular formula is C23H31IN4O3. The number of carbonyl (C=O) groups is 1. The van der Waals surface area contributed by atoms with Crippen LogP contribution in [0.2, 0.25) is 0 Å². The molecule has 0 bridgehead atoms. The number of nitrogens with one attached hydrogen (secondary N) is 2. The Morgan fingerprint density at radius 3 is 2.16 bits per heavy atom. The van der Waals surface area contributed by atoms with Crippen molar-refractivity contribution in [3.8, 4) is 11.5 Å². The van der Waals surface area contributed by atoms with Crippen molar-refractivity contribution in [2.75, 3.05) is 27.8 Å². The first-order valence-electron chi connectivity index (χ1n) is 10.1. The van der Waals surface area contributed by atoms with E-state index in [-0.39, 0.29) is 29.9 Å². The average molecular weight is 538 g/mol. The molecule has 0 atom stereocenters. The van der Waals surface area contributed by atoms with Crippen molar-refractivity contribution in [2.45, 2.75) is 32.5 Å². The van der Waals surface area contributed by atoms with E-state index >= 15 is 0 Å². The number of halogens is 1. The summed E-state index contributed by atoms with van der Waals surface area (Å²) in [7, 11) is 5.00. The quantitative estimate of drug-likeness (QED) is 0.307. The van der Waals surface area contributed by atoms with Crippen LogP contribution < -0.4 is 20.1 Å². The monoisotopic (exact) mass is 538 g/mol. The number of guanidine groups is 1. The molecule has 168 valence electrons. The van der Waals surface area contributed by atoms with Crippen LogP contribution >= 0.6 is 24.0 Å². The van der Waals surface area contributed by atoms with Gasteiger partial charge in [-0.15, -0.1) is 24.0 Å². The minimum atomic E-state index is 0. The summed E-state index contributed by atoms with van der Waals surface area (Å²) in [6.45, 7) is 2.84. The van der Waals surface area contributed by atoms with E-state index in [1.54, 1.807) is 21.3 Å². The van der Waals surface area contributed by atoms with Gasteiger partial charge in [-0.3, -0.25) is 9.79 Å². The highest BCUT2D eigenvalue weighted by atomic mass is 127. The van der Waals surface area contributed by atoms with Crippen LogP contribution in [0.5, 0.6) is 11.5 Å². The Hall–Kier alpha value is -2.49. The molecule has 0 aliphatic carbocycles. The molecule has 0 saturated carbocycles. The van der Waals surface area contributed by atoms with E-state index in [2.05, 4.69) is 39.9 Å². The van der Waals surface area contributed by atoms with Crippen molar-refractivity contribution in [3.63, 3.8) is 0 Å². The molecular weight excluding hydrogens is 507 g/mol. The van der Waals surface area contributed by atoms with Gasteiger partial charge < -0.3 is 25.0 Å². The molecule has 7 nitrogen and oxygen atoms in total. The Morgan fingerprint density at radius 2 is 1.58 bits per heavy atom. The van der Waals surface area contributed by atoms with Gasteiger partial charge in [-0.05, 0) is 35.2 Å². The summed E-state index contributed by atoms with van der Waals surface area (Å²) in [6.07, 6.45) is 1.65. The standard InChI is InChI=1S/C23H30N4O3.HI/c1-24-23(26-15-19-10-11-20(29-2)21(13-19)30-3)25-14-17-6-8-18(9-7-17)16-27-12-4-5-22(27)28;/h6-11,13H,4-5,12,14-16H2,1-3H3,(H2,24,25,26);1H. The lowest BCUT2D eigenvalue weighted by Crippen LogP contribution is -2.36. The lowest BCUT2D eigenvalue weighted by atomic mass is 10.1. The van der Waals surface area contributed by atoms with Crippen LogP contribution in [0.1, 0.15) is 29.5 Å². The Balaban J connectivity index is 0.00000341. The molecule has 1 saturated heterocycles. The van der Waals surface area contributed by atoms with Gasteiger partial charge in [0.05, 0.1) is 14.2 Å². The summed E-state index contributed by atoms with van der Waals surface area (Å²) in [5.74, 6) is 2.39. The Labute approximate surface area is 201 Å². The number of benzene rings is 2. The molecule has 1 aliphatic heterocycles. The third kappa shape index (κ3) is 7.02. The van der Waals surface area contributed by atoms with Crippen molar-refractivity contribution in [1.29, 1.82) is 0 Å². The molecule has 1 fully saturated rings. The second-order valence-electron chi connectivity index (χ2n) is 7.20. The van der Waals surface area contributed by atoms with Gasteiger partial charge >= 0.3 is 0 Å². The number of likely N-dealkylation sites (tertiary alicyclic amines) is 1. The van der Waals surface area contributed by atoms with Crippen LogP contribution in [0.4, 0.5) is 0 Å². The van der Waals surface area contributed by atoms with Crippen LogP contribution in [0.25, 0.3) is 0 Å². The highest BCUT2D eigenvalue weighted by molar-refractivity contribution is 14.0. The topological polar surface area (TPSA) is 75.2 Å². The average Bonchev–Trinajstić information content (AvgIpc) is 3.19. The number of amides is 1. The zero-order valence-electron chi connectivity index (χ0n) is 18.3. The van der Waals surface area contributed by atoms with Crippen molar-refractivity contribution in [3.05, 3.63) is 59.2 Å². The molecule has 2 aromatic rings. The second-order valence-corrected chi connectivity index (χ2v) is 7.20. The molecule has 31 heavy (non-hydrogen) atoms. The van der Waals surface area contributed by atoms with E-state index in [1.807, 2.05) is 23.1 Å². The summed E-state index contributed by atoms with van der Waals surface area (Å²) >= 11 is 0. The molecule has 1 aliphatic rings. The number of hydrogen-bond acceptors (Lipinski definition) is 4. The second kappa shape index (κ2) is 12.4. The van der Waals surface area contributed by atoms with Gasteiger partial charge in [-0.2, -0.15) is 0 Å². The van der Waals surface area contributed by atoms with Gasteiger partial charge in [-0.1, -0.05) is 30.3 Å². The largest absolute Gasteiger partial charge is 0.493 e. The van der Waals surface area contributed by atoms with Crippen LogP contribution in [-0.4, -0.2) is 44.6 Å². The fourth-order valence-corrected chi connectivity index (χ4v) is 3.44. The summed E-state index contributed by atoms with van der Waals surface area (Å²) in [6, 6.07) is 14.2. The molecule has 1 heterocycles. The number of hydrogen-bond donors (Lipinski definition) is 2. The number of carbonyl (C=O) groups excluding carboxylic acids is 1. The third-order valence-electron chi connectivity index (χ3n) is 5.16. The zero-order valence-corrected chi connectivity index (χ0v) is 20.6. The van der Waals surface area contributed by atoms with Crippen molar-refractivity contribution < 1.29 is 14.3 Å². The first-order chi connectivity index (χ1) is 14.6. The number of nitrogens with zero attached hydrogens (tertiary/aromatic N) is 2. The first-order valence-corrected chi connectivity index (χ1v) is 10.1.